The number of esters is 1. The quantitative estimate of drug-likeness (QED) is 0.399. The lowest BCUT2D eigenvalue weighted by Gasteiger charge is -2.47. The number of halogens is 1. The van der Waals surface area contributed by atoms with E-state index in [9.17, 15) is 9.90 Å². The number of allylic oxidation sites excluding steroid dienone is 2. The average molecular weight is 437 g/mol. The average Bonchev–Trinajstić information content (AvgIpc) is 2.58. The molecule has 0 spiro atoms. The van der Waals surface area contributed by atoms with Gasteiger partial charge in [0.25, 0.3) is 0 Å². The van der Waals surface area contributed by atoms with E-state index in [4.69, 9.17) is 9.47 Å². The van der Waals surface area contributed by atoms with Crippen LogP contribution in [0.25, 0.3) is 0 Å². The van der Waals surface area contributed by atoms with E-state index in [1.54, 1.807) is 6.07 Å². The normalized spacial score (nSPS) is 23.6. The van der Waals surface area contributed by atoms with Crippen LogP contribution in [0.2, 0.25) is 0 Å². The van der Waals surface area contributed by atoms with Gasteiger partial charge in [0, 0.05) is 22.7 Å². The van der Waals surface area contributed by atoms with Gasteiger partial charge in [-0.3, -0.25) is 4.79 Å². The van der Waals surface area contributed by atoms with E-state index in [0.29, 0.717) is 29.2 Å². The molecular weight excluding hydrogens is 408 g/mol. The first kappa shape index (κ1) is 20.2. The summed E-state index contributed by atoms with van der Waals surface area (Å²) in [6.45, 7) is 10.3. The number of carbonyl (C=O) groups is 1. The number of ether oxygens (including phenoxy) is 2. The van der Waals surface area contributed by atoms with Crippen molar-refractivity contribution in [1.82, 2.24) is 0 Å². The van der Waals surface area contributed by atoms with Crippen molar-refractivity contribution in [2.24, 2.45) is 5.92 Å². The predicted octanol–water partition coefficient (Wildman–Crippen LogP) is 5.22. The zero-order valence-corrected chi connectivity index (χ0v) is 18.4. The molecule has 0 fully saturated rings. The summed E-state index contributed by atoms with van der Waals surface area (Å²) in [5, 5.41) is 11.5. The van der Waals surface area contributed by atoms with Gasteiger partial charge in [-0.2, -0.15) is 0 Å². The largest absolute Gasteiger partial charge is 0.508 e. The Morgan fingerprint density at radius 3 is 2.78 bits per heavy atom. The first-order chi connectivity index (χ1) is 12.6. The summed E-state index contributed by atoms with van der Waals surface area (Å²) in [6, 6.07) is 3.62. The van der Waals surface area contributed by atoms with Crippen molar-refractivity contribution >= 4 is 21.9 Å². The molecule has 1 aromatic carbocycles. The predicted molar refractivity (Wildman–Crippen MR) is 110 cm³/mol. The topological polar surface area (TPSA) is 55.8 Å². The molecule has 0 bridgehead atoms. The summed E-state index contributed by atoms with van der Waals surface area (Å²) in [4.78, 5) is 12.5. The standard InChI is InChI=1S/C22H29BrO4/c1-13-6-7-16-15(10-13)19-17(24)11-14(12-18(19)27-22(16,4)5)21(2,3)20(25)26-9-8-23/h6,11-12,15-16,24H,7-10H2,1-5H3/t15-,16?/m1/s1. The van der Waals surface area contributed by atoms with Gasteiger partial charge in [0.15, 0.2) is 0 Å². The van der Waals surface area contributed by atoms with Crippen molar-refractivity contribution in [2.45, 2.75) is 64.4 Å². The van der Waals surface area contributed by atoms with Crippen LogP contribution in [0.4, 0.5) is 0 Å². The first-order valence-corrected chi connectivity index (χ1v) is 10.6. The van der Waals surface area contributed by atoms with Crippen LogP contribution in [0.5, 0.6) is 11.5 Å². The van der Waals surface area contributed by atoms with Crippen LogP contribution in [0.3, 0.4) is 0 Å². The molecule has 3 rings (SSSR count). The number of phenols is 1. The third-order valence-electron chi connectivity index (χ3n) is 6.05. The second-order valence-corrected chi connectivity index (χ2v) is 9.56. The Kier molecular flexibility index (Phi) is 5.37. The number of hydrogen-bond acceptors (Lipinski definition) is 4. The number of carbonyl (C=O) groups excluding carboxylic acids is 1. The van der Waals surface area contributed by atoms with Crippen LogP contribution >= 0.6 is 15.9 Å². The molecule has 1 unspecified atom stereocenters. The Labute approximate surface area is 170 Å². The molecule has 0 aromatic heterocycles. The lowest BCUT2D eigenvalue weighted by atomic mass is 9.67. The molecular formula is C22H29BrO4. The number of benzene rings is 1. The molecule has 27 heavy (non-hydrogen) atoms. The Morgan fingerprint density at radius 1 is 1.41 bits per heavy atom. The van der Waals surface area contributed by atoms with E-state index in [-0.39, 0.29) is 23.2 Å². The fourth-order valence-electron chi connectivity index (χ4n) is 4.35. The van der Waals surface area contributed by atoms with Gasteiger partial charge < -0.3 is 14.6 Å². The smallest absolute Gasteiger partial charge is 0.316 e. The van der Waals surface area contributed by atoms with E-state index in [1.165, 1.54) is 5.57 Å². The van der Waals surface area contributed by atoms with Crippen molar-refractivity contribution in [2.75, 3.05) is 11.9 Å². The number of fused-ring (bicyclic) bond motifs is 3. The van der Waals surface area contributed by atoms with Crippen molar-refractivity contribution in [1.29, 1.82) is 0 Å². The second kappa shape index (κ2) is 7.16. The van der Waals surface area contributed by atoms with Crippen LogP contribution < -0.4 is 4.74 Å². The SMILES string of the molecule is CC1=CCC2[C@@H](C1)c1c(O)cc(C(C)(C)C(=O)OCCBr)cc1OC2(C)C. The molecule has 1 N–H and O–H groups in total. The van der Waals surface area contributed by atoms with Crippen LogP contribution in [-0.2, 0) is 14.9 Å². The highest BCUT2D eigenvalue weighted by atomic mass is 79.9. The maximum absolute atomic E-state index is 12.5. The number of hydrogen-bond donors (Lipinski definition) is 1. The van der Waals surface area contributed by atoms with Crippen LogP contribution in [0.1, 0.15) is 64.5 Å². The summed E-state index contributed by atoms with van der Waals surface area (Å²) in [5.74, 6) is 1.13. The monoisotopic (exact) mass is 436 g/mol. The molecule has 148 valence electrons. The highest BCUT2D eigenvalue weighted by Gasteiger charge is 2.46. The molecule has 0 radical (unpaired) electrons. The van der Waals surface area contributed by atoms with Crippen LogP contribution in [0, 0.1) is 5.92 Å². The molecule has 1 aliphatic carbocycles. The molecule has 4 nitrogen and oxygen atoms in total. The lowest BCUT2D eigenvalue weighted by molar-refractivity contribution is -0.148. The molecule has 0 amide bonds. The maximum atomic E-state index is 12.5. The van der Waals surface area contributed by atoms with E-state index >= 15 is 0 Å². The molecule has 2 atom stereocenters. The van der Waals surface area contributed by atoms with Crippen molar-refractivity contribution < 1.29 is 19.4 Å². The number of alkyl halides is 1. The lowest BCUT2D eigenvalue weighted by Crippen LogP contribution is -2.45. The zero-order valence-electron chi connectivity index (χ0n) is 16.8. The summed E-state index contributed by atoms with van der Waals surface area (Å²) in [6.07, 6.45) is 4.16. The fraction of sp³-hybridized carbons (Fsp3) is 0.591. The van der Waals surface area contributed by atoms with E-state index in [1.807, 2.05) is 19.9 Å². The van der Waals surface area contributed by atoms with Gasteiger partial charge in [-0.25, -0.2) is 0 Å². The van der Waals surface area contributed by atoms with E-state index in [2.05, 4.69) is 42.8 Å². The van der Waals surface area contributed by atoms with Gasteiger partial charge in [-0.15, -0.1) is 0 Å². The summed E-state index contributed by atoms with van der Waals surface area (Å²) < 4.78 is 11.7. The van der Waals surface area contributed by atoms with Gasteiger partial charge in [-0.1, -0.05) is 27.6 Å². The molecule has 2 aliphatic rings. The van der Waals surface area contributed by atoms with Gasteiger partial charge in [0.05, 0.1) is 5.41 Å². The summed E-state index contributed by atoms with van der Waals surface area (Å²) in [5.41, 5.74) is 1.72. The third kappa shape index (κ3) is 3.63. The fourth-order valence-corrected chi connectivity index (χ4v) is 4.52. The van der Waals surface area contributed by atoms with Gasteiger partial charge >= 0.3 is 5.97 Å². The Morgan fingerprint density at radius 2 is 2.11 bits per heavy atom. The molecule has 0 saturated heterocycles. The maximum Gasteiger partial charge on any atom is 0.316 e. The van der Waals surface area contributed by atoms with Gasteiger partial charge in [0.1, 0.15) is 23.7 Å². The van der Waals surface area contributed by atoms with Crippen LogP contribution in [-0.4, -0.2) is 28.6 Å². The number of rotatable bonds is 4. The minimum absolute atomic E-state index is 0.212. The highest BCUT2D eigenvalue weighted by molar-refractivity contribution is 9.09. The minimum Gasteiger partial charge on any atom is -0.508 e. The molecule has 1 heterocycles. The van der Waals surface area contributed by atoms with Crippen molar-refractivity contribution in [3.63, 3.8) is 0 Å². The molecule has 5 heteroatoms. The Bertz CT molecular complexity index is 779. The summed E-state index contributed by atoms with van der Waals surface area (Å²) >= 11 is 3.27. The number of aromatic hydroxyl groups is 1. The van der Waals surface area contributed by atoms with Crippen molar-refractivity contribution in [3.05, 3.63) is 34.9 Å². The van der Waals surface area contributed by atoms with E-state index < -0.39 is 5.41 Å². The third-order valence-corrected chi connectivity index (χ3v) is 6.37. The van der Waals surface area contributed by atoms with Gasteiger partial charge in [-0.05, 0) is 65.2 Å². The zero-order chi connectivity index (χ0) is 20.0. The van der Waals surface area contributed by atoms with Crippen LogP contribution in [0.15, 0.2) is 23.8 Å². The Hall–Kier alpha value is -1.49. The molecule has 0 saturated carbocycles. The van der Waals surface area contributed by atoms with Gasteiger partial charge in [0.2, 0.25) is 0 Å². The highest BCUT2D eigenvalue weighted by Crippen LogP contribution is 2.54. The van der Waals surface area contributed by atoms with Crippen molar-refractivity contribution in [3.8, 4) is 11.5 Å². The first-order valence-electron chi connectivity index (χ1n) is 9.53. The number of phenolic OH excluding ortho intramolecular Hbond substituents is 1. The summed E-state index contributed by atoms with van der Waals surface area (Å²) in [7, 11) is 0. The Balaban J connectivity index is 2.04. The molecule has 1 aromatic rings. The van der Waals surface area contributed by atoms with E-state index in [0.717, 1.165) is 18.4 Å². The minimum atomic E-state index is -0.874. The second-order valence-electron chi connectivity index (χ2n) is 8.77. The molecule has 1 aliphatic heterocycles.